The van der Waals surface area contributed by atoms with Crippen LogP contribution in [-0.4, -0.2) is 10.9 Å². The van der Waals surface area contributed by atoms with Gasteiger partial charge in [-0.3, -0.25) is 4.79 Å². The van der Waals surface area contributed by atoms with Gasteiger partial charge in [0, 0.05) is 15.9 Å². The van der Waals surface area contributed by atoms with Crippen LogP contribution < -0.4 is 5.32 Å². The van der Waals surface area contributed by atoms with Gasteiger partial charge in [0.25, 0.3) is 0 Å². The highest BCUT2D eigenvalue weighted by atomic mass is 79.9. The zero-order valence-electron chi connectivity index (χ0n) is 9.98. The monoisotopic (exact) mass is 356 g/mol. The van der Waals surface area contributed by atoms with E-state index in [4.69, 9.17) is 11.6 Å². The van der Waals surface area contributed by atoms with E-state index in [9.17, 15) is 4.79 Å². The smallest absolute Gasteiger partial charge is 0.248 e. The molecule has 0 atom stereocenters. The first-order valence-corrected chi connectivity index (χ1v) is 7.46. The second-order valence-electron chi connectivity index (χ2n) is 3.74. The SMILES string of the molecule is Cc1nc(/C=C/C(=O)Nc2ccc(Br)cc2Cl)cs1. The Labute approximate surface area is 128 Å². The molecular weight excluding hydrogens is 348 g/mol. The number of carbonyl (C=O) groups is 1. The van der Waals surface area contributed by atoms with Gasteiger partial charge >= 0.3 is 0 Å². The van der Waals surface area contributed by atoms with E-state index in [1.165, 1.54) is 6.08 Å². The van der Waals surface area contributed by atoms with E-state index in [0.717, 1.165) is 15.2 Å². The number of aromatic nitrogens is 1. The van der Waals surface area contributed by atoms with Crippen molar-refractivity contribution in [1.29, 1.82) is 0 Å². The zero-order chi connectivity index (χ0) is 13.8. The highest BCUT2D eigenvalue weighted by molar-refractivity contribution is 9.10. The van der Waals surface area contributed by atoms with Crippen LogP contribution in [0.3, 0.4) is 0 Å². The van der Waals surface area contributed by atoms with Gasteiger partial charge in [0.15, 0.2) is 0 Å². The van der Waals surface area contributed by atoms with Gasteiger partial charge in [-0.1, -0.05) is 27.5 Å². The van der Waals surface area contributed by atoms with Crippen LogP contribution in [0.4, 0.5) is 5.69 Å². The summed E-state index contributed by atoms with van der Waals surface area (Å²) < 4.78 is 0.865. The fraction of sp³-hybridized carbons (Fsp3) is 0.0769. The molecule has 0 saturated heterocycles. The third-order valence-corrected chi connectivity index (χ3v) is 3.83. The first kappa shape index (κ1) is 14.2. The Morgan fingerprint density at radius 1 is 1.53 bits per heavy atom. The Balaban J connectivity index is 2.03. The van der Waals surface area contributed by atoms with Gasteiger partial charge in [0.2, 0.25) is 5.91 Å². The van der Waals surface area contributed by atoms with Crippen LogP contribution in [0.15, 0.2) is 34.1 Å². The molecule has 0 saturated carbocycles. The normalized spacial score (nSPS) is 10.9. The molecule has 1 aromatic carbocycles. The summed E-state index contributed by atoms with van der Waals surface area (Å²) in [6, 6.07) is 5.28. The van der Waals surface area contributed by atoms with Gasteiger partial charge in [-0.2, -0.15) is 0 Å². The maximum atomic E-state index is 11.7. The average Bonchev–Trinajstić information content (AvgIpc) is 2.76. The second-order valence-corrected chi connectivity index (χ2v) is 6.12. The standard InChI is InChI=1S/C13H10BrClN2OS/c1-8-16-10(7-19-8)3-5-13(18)17-12-4-2-9(14)6-11(12)15/h2-7H,1H3,(H,17,18)/b5-3+. The lowest BCUT2D eigenvalue weighted by Gasteiger charge is -2.04. The number of hydrogen-bond acceptors (Lipinski definition) is 3. The van der Waals surface area contributed by atoms with E-state index in [0.29, 0.717) is 10.7 Å². The fourth-order valence-corrected chi connectivity index (χ4v) is 2.68. The molecule has 0 radical (unpaired) electrons. The topological polar surface area (TPSA) is 42.0 Å². The largest absolute Gasteiger partial charge is 0.321 e. The van der Waals surface area contributed by atoms with Crippen molar-refractivity contribution in [3.8, 4) is 0 Å². The van der Waals surface area contributed by atoms with Crippen LogP contribution in [0.5, 0.6) is 0 Å². The molecule has 6 heteroatoms. The minimum absolute atomic E-state index is 0.241. The molecule has 1 N–H and O–H groups in total. The van der Waals surface area contributed by atoms with E-state index in [1.54, 1.807) is 29.5 Å². The highest BCUT2D eigenvalue weighted by Gasteiger charge is 2.03. The highest BCUT2D eigenvalue weighted by Crippen LogP contribution is 2.25. The van der Waals surface area contributed by atoms with Crippen LogP contribution in [0.1, 0.15) is 10.7 Å². The molecule has 3 nitrogen and oxygen atoms in total. The lowest BCUT2D eigenvalue weighted by molar-refractivity contribution is -0.111. The number of halogens is 2. The summed E-state index contributed by atoms with van der Waals surface area (Å²) in [5, 5.41) is 6.06. The number of amides is 1. The van der Waals surface area contributed by atoms with Crippen LogP contribution in [0.2, 0.25) is 5.02 Å². The molecule has 0 bridgehead atoms. The van der Waals surface area contributed by atoms with Gasteiger partial charge in [-0.15, -0.1) is 11.3 Å². The Hall–Kier alpha value is -1.17. The predicted molar refractivity (Wildman–Crippen MR) is 83.7 cm³/mol. The number of anilines is 1. The first-order chi connectivity index (χ1) is 9.04. The van der Waals surface area contributed by atoms with E-state index in [1.807, 2.05) is 18.4 Å². The van der Waals surface area contributed by atoms with E-state index < -0.39 is 0 Å². The number of nitrogens with zero attached hydrogens (tertiary/aromatic N) is 1. The van der Waals surface area contributed by atoms with Crippen LogP contribution in [0, 0.1) is 6.92 Å². The zero-order valence-corrected chi connectivity index (χ0v) is 13.1. The molecule has 2 aromatic rings. The predicted octanol–water partition coefficient (Wildman–Crippen LogP) is 4.52. The van der Waals surface area contributed by atoms with Crippen molar-refractivity contribution in [1.82, 2.24) is 4.98 Å². The lowest BCUT2D eigenvalue weighted by Crippen LogP contribution is -2.08. The van der Waals surface area contributed by atoms with Crippen LogP contribution >= 0.6 is 38.9 Å². The summed E-state index contributed by atoms with van der Waals surface area (Å²) in [5.41, 5.74) is 1.36. The quantitative estimate of drug-likeness (QED) is 0.821. The Kier molecular flexibility index (Phi) is 4.74. The molecule has 2 rings (SSSR count). The van der Waals surface area contributed by atoms with Crippen molar-refractivity contribution >= 4 is 56.5 Å². The molecule has 98 valence electrons. The maximum Gasteiger partial charge on any atom is 0.248 e. The number of rotatable bonds is 3. The third-order valence-electron chi connectivity index (χ3n) is 2.23. The van der Waals surface area contributed by atoms with Gasteiger partial charge in [-0.05, 0) is 31.2 Å². The number of benzene rings is 1. The summed E-state index contributed by atoms with van der Waals surface area (Å²) in [5.74, 6) is -0.241. The summed E-state index contributed by atoms with van der Waals surface area (Å²) in [4.78, 5) is 16.0. The number of nitrogens with one attached hydrogen (secondary N) is 1. The van der Waals surface area contributed by atoms with E-state index >= 15 is 0 Å². The van der Waals surface area contributed by atoms with Gasteiger partial charge < -0.3 is 5.32 Å². The van der Waals surface area contributed by atoms with Gasteiger partial charge in [-0.25, -0.2) is 4.98 Å². The Morgan fingerprint density at radius 3 is 2.95 bits per heavy atom. The van der Waals surface area contributed by atoms with Crippen molar-refractivity contribution in [3.63, 3.8) is 0 Å². The summed E-state index contributed by atoms with van der Waals surface area (Å²) in [6.07, 6.45) is 3.11. The first-order valence-electron chi connectivity index (χ1n) is 5.41. The van der Waals surface area contributed by atoms with Crippen molar-refractivity contribution in [3.05, 3.63) is 49.9 Å². The van der Waals surface area contributed by atoms with E-state index in [-0.39, 0.29) is 5.91 Å². The van der Waals surface area contributed by atoms with Crippen molar-refractivity contribution < 1.29 is 4.79 Å². The second kappa shape index (κ2) is 6.32. The molecular formula is C13H10BrClN2OS. The van der Waals surface area contributed by atoms with Crippen molar-refractivity contribution in [2.75, 3.05) is 5.32 Å². The number of carbonyl (C=O) groups excluding carboxylic acids is 1. The molecule has 1 amide bonds. The lowest BCUT2D eigenvalue weighted by atomic mass is 10.3. The number of aryl methyl sites for hydroxylation is 1. The molecule has 1 aromatic heterocycles. The van der Waals surface area contributed by atoms with Crippen molar-refractivity contribution in [2.24, 2.45) is 0 Å². The molecule has 0 aliphatic rings. The molecule has 0 aliphatic heterocycles. The minimum Gasteiger partial charge on any atom is -0.321 e. The summed E-state index contributed by atoms with van der Waals surface area (Å²) in [6.45, 7) is 1.92. The van der Waals surface area contributed by atoms with Crippen molar-refractivity contribution in [2.45, 2.75) is 6.92 Å². The molecule has 19 heavy (non-hydrogen) atoms. The minimum atomic E-state index is -0.241. The Bertz CT molecular complexity index is 639. The number of hydrogen-bond donors (Lipinski definition) is 1. The van der Waals surface area contributed by atoms with E-state index in [2.05, 4.69) is 26.2 Å². The van der Waals surface area contributed by atoms with Gasteiger partial charge in [0.1, 0.15) is 0 Å². The molecule has 0 fully saturated rings. The summed E-state index contributed by atoms with van der Waals surface area (Å²) >= 11 is 10.9. The average molecular weight is 358 g/mol. The maximum absolute atomic E-state index is 11.7. The number of thiazole rings is 1. The third kappa shape index (κ3) is 4.16. The molecule has 1 heterocycles. The fourth-order valence-electron chi connectivity index (χ4n) is 1.38. The molecule has 0 spiro atoms. The summed E-state index contributed by atoms with van der Waals surface area (Å²) in [7, 11) is 0. The Morgan fingerprint density at radius 2 is 2.32 bits per heavy atom. The molecule has 0 aliphatic carbocycles. The van der Waals surface area contributed by atoms with Crippen LogP contribution in [-0.2, 0) is 4.79 Å². The van der Waals surface area contributed by atoms with Gasteiger partial charge in [0.05, 0.1) is 21.4 Å². The van der Waals surface area contributed by atoms with Crippen LogP contribution in [0.25, 0.3) is 6.08 Å². The molecule has 0 unspecified atom stereocenters.